The highest BCUT2D eigenvalue weighted by molar-refractivity contribution is 6.62. The number of hydrogen-bond acceptors (Lipinski definition) is 4. The number of aromatic nitrogens is 2. The van der Waals surface area contributed by atoms with Crippen LogP contribution in [-0.2, 0) is 15.9 Å². The van der Waals surface area contributed by atoms with Crippen molar-refractivity contribution in [2.24, 2.45) is 0 Å². The second kappa shape index (κ2) is 7.53. The van der Waals surface area contributed by atoms with Gasteiger partial charge in [0.15, 0.2) is 0 Å². The first-order chi connectivity index (χ1) is 14.2. The van der Waals surface area contributed by atoms with Crippen molar-refractivity contribution in [2.45, 2.75) is 26.0 Å². The Morgan fingerprint density at radius 3 is 2.50 bits per heavy atom. The number of rotatable bonds is 4. The maximum atomic E-state index is 13.5. The third-order valence-electron chi connectivity index (χ3n) is 4.90. The van der Waals surface area contributed by atoms with Crippen LogP contribution in [0.1, 0.15) is 19.4 Å². The zero-order valence-corrected chi connectivity index (χ0v) is 16.6. The molecule has 2 aromatic carbocycles. The summed E-state index contributed by atoms with van der Waals surface area (Å²) in [5.41, 5.74) is 1.22. The van der Waals surface area contributed by atoms with Gasteiger partial charge in [-0.05, 0) is 43.1 Å². The van der Waals surface area contributed by atoms with Gasteiger partial charge in [0, 0.05) is 17.7 Å². The van der Waals surface area contributed by atoms with E-state index in [1.807, 2.05) is 38.1 Å². The van der Waals surface area contributed by atoms with Gasteiger partial charge >= 0.3 is 7.12 Å². The van der Waals surface area contributed by atoms with Crippen LogP contribution in [-0.4, -0.2) is 22.5 Å². The lowest BCUT2D eigenvalue weighted by Gasteiger charge is -2.15. The summed E-state index contributed by atoms with van der Waals surface area (Å²) >= 11 is 0. The van der Waals surface area contributed by atoms with Crippen molar-refractivity contribution in [3.63, 3.8) is 0 Å². The van der Waals surface area contributed by atoms with Crippen LogP contribution >= 0.6 is 0 Å². The summed E-state index contributed by atoms with van der Waals surface area (Å²) in [5, 5.41) is 4.28. The molecule has 0 radical (unpaired) electrons. The number of benzene rings is 2. The molecule has 152 valence electrons. The molecule has 0 unspecified atom stereocenters. The molecule has 5 nitrogen and oxygen atoms in total. The highest BCUT2D eigenvalue weighted by Gasteiger charge is 2.42. The first kappa shape index (κ1) is 20.0. The summed E-state index contributed by atoms with van der Waals surface area (Å²) in [6.07, 6.45) is 0. The van der Waals surface area contributed by atoms with Gasteiger partial charge in [-0.2, -0.15) is 5.10 Å². The van der Waals surface area contributed by atoms with Crippen LogP contribution in [0.25, 0.3) is 11.3 Å². The van der Waals surface area contributed by atoms with E-state index in [-0.39, 0.29) is 17.7 Å². The molecule has 3 aromatic rings. The Hall–Kier alpha value is -3.26. The molecule has 0 amide bonds. The topological polar surface area (TPSA) is 53.4 Å². The Balaban J connectivity index is 1.62. The molecule has 0 saturated carbocycles. The van der Waals surface area contributed by atoms with E-state index in [1.165, 1.54) is 28.9 Å². The van der Waals surface area contributed by atoms with Crippen molar-refractivity contribution >= 4 is 12.6 Å². The molecule has 0 spiro atoms. The molecule has 0 bridgehead atoms. The fourth-order valence-corrected chi connectivity index (χ4v) is 3.19. The van der Waals surface area contributed by atoms with Gasteiger partial charge in [0.2, 0.25) is 0 Å². The summed E-state index contributed by atoms with van der Waals surface area (Å²) in [6, 6.07) is 13.3. The number of hydrogen-bond donors (Lipinski definition) is 0. The Bertz CT molecular complexity index is 1170. The molecule has 0 atom stereocenters. The van der Waals surface area contributed by atoms with Gasteiger partial charge in [0.25, 0.3) is 5.56 Å². The van der Waals surface area contributed by atoms with Crippen molar-refractivity contribution in [1.29, 1.82) is 0 Å². The SMILES string of the molecule is C=C1OB(c2cccc(Cn3nc(-c4cc(F)cc(F)c4)ccc3=O)c2)OC1(C)C. The minimum absolute atomic E-state index is 0.176. The highest BCUT2D eigenvalue weighted by atomic mass is 19.1. The Morgan fingerprint density at radius 1 is 1.10 bits per heavy atom. The predicted molar refractivity (Wildman–Crippen MR) is 110 cm³/mol. The Kier molecular flexibility index (Phi) is 5.03. The average Bonchev–Trinajstić information content (AvgIpc) is 2.96. The molecule has 4 rings (SSSR count). The summed E-state index contributed by atoms with van der Waals surface area (Å²) in [5.74, 6) is -0.873. The fourth-order valence-electron chi connectivity index (χ4n) is 3.19. The lowest BCUT2D eigenvalue weighted by atomic mass is 9.78. The summed E-state index contributed by atoms with van der Waals surface area (Å²) < 4.78 is 40.0. The van der Waals surface area contributed by atoms with Gasteiger partial charge in [0.1, 0.15) is 17.2 Å². The van der Waals surface area contributed by atoms with E-state index < -0.39 is 24.4 Å². The standard InChI is InChI=1S/C22H19BF2N2O3/c1-14-22(2,3)30-23(29-14)17-6-4-5-15(9-17)13-27-21(28)8-7-20(26-27)16-10-18(24)12-19(25)11-16/h4-12H,1,13H2,2-3H3. The van der Waals surface area contributed by atoms with Crippen molar-refractivity contribution in [3.8, 4) is 11.3 Å². The number of halogens is 2. The minimum Gasteiger partial charge on any atom is -0.534 e. The molecule has 1 aliphatic heterocycles. The molecule has 8 heteroatoms. The quantitative estimate of drug-likeness (QED) is 0.622. The van der Waals surface area contributed by atoms with Crippen LogP contribution in [0.2, 0.25) is 0 Å². The van der Waals surface area contributed by atoms with Crippen LogP contribution in [0.15, 0.2) is 71.7 Å². The molecule has 30 heavy (non-hydrogen) atoms. The van der Waals surface area contributed by atoms with E-state index in [4.69, 9.17) is 9.31 Å². The molecule has 0 N–H and O–H groups in total. The van der Waals surface area contributed by atoms with Crippen LogP contribution in [0, 0.1) is 11.6 Å². The zero-order valence-electron chi connectivity index (χ0n) is 16.6. The normalized spacial score (nSPS) is 15.3. The van der Waals surface area contributed by atoms with Crippen LogP contribution in [0.4, 0.5) is 8.78 Å². The molecule has 1 aliphatic rings. The van der Waals surface area contributed by atoms with E-state index in [1.54, 1.807) is 0 Å². The van der Waals surface area contributed by atoms with Gasteiger partial charge in [-0.25, -0.2) is 13.5 Å². The second-order valence-electron chi connectivity index (χ2n) is 7.62. The van der Waals surface area contributed by atoms with Crippen LogP contribution < -0.4 is 11.0 Å². The van der Waals surface area contributed by atoms with Crippen molar-refractivity contribution < 1.29 is 18.1 Å². The third kappa shape index (κ3) is 4.04. The Morgan fingerprint density at radius 2 is 1.83 bits per heavy atom. The highest BCUT2D eigenvalue weighted by Crippen LogP contribution is 2.29. The first-order valence-electron chi connectivity index (χ1n) is 9.39. The van der Waals surface area contributed by atoms with Crippen LogP contribution in [0.5, 0.6) is 0 Å². The van der Waals surface area contributed by atoms with Gasteiger partial charge in [-0.3, -0.25) is 4.79 Å². The largest absolute Gasteiger partial charge is 0.563 e. The van der Waals surface area contributed by atoms with Crippen LogP contribution in [0.3, 0.4) is 0 Å². The lowest BCUT2D eigenvalue weighted by molar-refractivity contribution is 0.173. The monoisotopic (exact) mass is 408 g/mol. The molecule has 1 fully saturated rings. The molecular formula is C22H19BF2N2O3. The van der Waals surface area contributed by atoms with Gasteiger partial charge in [-0.15, -0.1) is 0 Å². The van der Waals surface area contributed by atoms with Crippen molar-refractivity contribution in [2.75, 3.05) is 0 Å². The Labute approximate surface area is 172 Å². The summed E-state index contributed by atoms with van der Waals surface area (Å²) in [7, 11) is -0.585. The fraction of sp³-hybridized carbons (Fsp3) is 0.182. The zero-order chi connectivity index (χ0) is 21.5. The third-order valence-corrected chi connectivity index (χ3v) is 4.90. The maximum absolute atomic E-state index is 13.5. The smallest absolute Gasteiger partial charge is 0.534 e. The average molecular weight is 408 g/mol. The van der Waals surface area contributed by atoms with E-state index in [9.17, 15) is 13.6 Å². The maximum Gasteiger partial charge on any atom is 0.563 e. The summed E-state index contributed by atoms with van der Waals surface area (Å²) in [6.45, 7) is 7.81. The predicted octanol–water partition coefficient (Wildman–Crippen LogP) is 3.27. The summed E-state index contributed by atoms with van der Waals surface area (Å²) in [4.78, 5) is 12.3. The lowest BCUT2D eigenvalue weighted by Crippen LogP contribution is -2.34. The van der Waals surface area contributed by atoms with Gasteiger partial charge in [0.05, 0.1) is 18.0 Å². The molecule has 1 aromatic heterocycles. The first-order valence-corrected chi connectivity index (χ1v) is 9.39. The van der Waals surface area contributed by atoms with Gasteiger partial charge < -0.3 is 9.31 Å². The molecule has 2 heterocycles. The molecule has 1 saturated heterocycles. The number of nitrogens with zero attached hydrogens (tertiary/aromatic N) is 2. The van der Waals surface area contributed by atoms with E-state index in [2.05, 4.69) is 11.7 Å². The van der Waals surface area contributed by atoms with E-state index in [0.29, 0.717) is 11.5 Å². The van der Waals surface area contributed by atoms with E-state index >= 15 is 0 Å². The molecular weight excluding hydrogens is 389 g/mol. The van der Waals surface area contributed by atoms with E-state index in [0.717, 1.165) is 17.1 Å². The molecule has 0 aliphatic carbocycles. The van der Waals surface area contributed by atoms with Crippen molar-refractivity contribution in [3.05, 3.63) is 94.5 Å². The minimum atomic E-state index is -0.710. The van der Waals surface area contributed by atoms with Gasteiger partial charge in [-0.1, -0.05) is 30.8 Å². The van der Waals surface area contributed by atoms with Crippen molar-refractivity contribution in [1.82, 2.24) is 9.78 Å². The second-order valence-corrected chi connectivity index (χ2v) is 7.62.